The van der Waals surface area contributed by atoms with E-state index in [0.717, 1.165) is 6.54 Å². The average molecular weight is 236 g/mol. The fourth-order valence-corrected chi connectivity index (χ4v) is 2.19. The van der Waals surface area contributed by atoms with Gasteiger partial charge in [-0.1, -0.05) is 45.4 Å². The van der Waals surface area contributed by atoms with Gasteiger partial charge in [0.15, 0.2) is 0 Å². The molecule has 98 valence electrons. The third-order valence-corrected chi connectivity index (χ3v) is 3.21. The van der Waals surface area contributed by atoms with E-state index in [4.69, 9.17) is 0 Å². The fourth-order valence-electron chi connectivity index (χ4n) is 2.19. The van der Waals surface area contributed by atoms with Crippen LogP contribution in [0.5, 0.6) is 0 Å². The highest BCUT2D eigenvalue weighted by Crippen LogP contribution is 2.08. The molecule has 1 heterocycles. The Morgan fingerprint density at radius 2 is 1.76 bits per heavy atom. The summed E-state index contributed by atoms with van der Waals surface area (Å²) >= 11 is 0. The summed E-state index contributed by atoms with van der Waals surface area (Å²) in [4.78, 5) is 0. The van der Waals surface area contributed by atoms with Gasteiger partial charge < -0.3 is 9.88 Å². The minimum atomic E-state index is 0.976. The smallest absolute Gasteiger partial charge is 0.0219 e. The van der Waals surface area contributed by atoms with E-state index in [2.05, 4.69) is 35.3 Å². The Balaban J connectivity index is 2.01. The molecule has 0 aliphatic heterocycles. The average Bonchev–Trinajstić information content (AvgIpc) is 2.76. The van der Waals surface area contributed by atoms with E-state index in [9.17, 15) is 0 Å². The van der Waals surface area contributed by atoms with E-state index in [1.54, 1.807) is 0 Å². The first-order valence-corrected chi connectivity index (χ1v) is 7.16. The fraction of sp³-hybridized carbons (Fsp3) is 0.733. The number of hydrogen-bond donors (Lipinski definition) is 1. The van der Waals surface area contributed by atoms with Gasteiger partial charge in [0.25, 0.3) is 0 Å². The molecule has 0 aliphatic carbocycles. The lowest BCUT2D eigenvalue weighted by Crippen LogP contribution is -2.04. The zero-order valence-corrected chi connectivity index (χ0v) is 11.5. The molecule has 0 unspecified atom stereocenters. The maximum Gasteiger partial charge on any atom is 0.0219 e. The molecule has 0 radical (unpaired) electrons. The summed E-state index contributed by atoms with van der Waals surface area (Å²) < 4.78 is 2.32. The molecular weight excluding hydrogens is 208 g/mol. The minimum absolute atomic E-state index is 0.976. The van der Waals surface area contributed by atoms with Gasteiger partial charge in [-0.25, -0.2) is 0 Å². The molecule has 0 aliphatic rings. The van der Waals surface area contributed by atoms with Crippen LogP contribution in [0.3, 0.4) is 0 Å². The van der Waals surface area contributed by atoms with Crippen LogP contribution in [0.1, 0.15) is 57.4 Å². The predicted molar refractivity (Wildman–Crippen MR) is 75.2 cm³/mol. The van der Waals surface area contributed by atoms with Crippen LogP contribution < -0.4 is 5.32 Å². The van der Waals surface area contributed by atoms with E-state index in [1.165, 1.54) is 57.1 Å². The van der Waals surface area contributed by atoms with Crippen LogP contribution in [-0.4, -0.2) is 11.6 Å². The van der Waals surface area contributed by atoms with Crippen molar-refractivity contribution in [3.8, 4) is 0 Å². The molecule has 1 N–H and O–H groups in total. The first-order chi connectivity index (χ1) is 8.36. The van der Waals surface area contributed by atoms with Crippen molar-refractivity contribution in [2.45, 2.75) is 65.0 Å². The van der Waals surface area contributed by atoms with Gasteiger partial charge in [-0.3, -0.25) is 0 Å². The first kappa shape index (κ1) is 14.3. The zero-order chi connectivity index (χ0) is 12.3. The third kappa shape index (κ3) is 6.52. The second-order valence-electron chi connectivity index (χ2n) is 4.91. The first-order valence-electron chi connectivity index (χ1n) is 7.16. The Kier molecular flexibility index (Phi) is 7.81. The molecule has 0 saturated carbocycles. The van der Waals surface area contributed by atoms with E-state index in [-0.39, 0.29) is 0 Å². The van der Waals surface area contributed by atoms with Crippen molar-refractivity contribution in [1.29, 1.82) is 0 Å². The highest BCUT2D eigenvalue weighted by molar-refractivity contribution is 5.09. The molecule has 0 bridgehead atoms. The highest BCUT2D eigenvalue weighted by atomic mass is 14.9. The Morgan fingerprint density at radius 1 is 1.06 bits per heavy atom. The van der Waals surface area contributed by atoms with Gasteiger partial charge in [0.1, 0.15) is 0 Å². The van der Waals surface area contributed by atoms with Crippen molar-refractivity contribution in [3.05, 3.63) is 24.0 Å². The third-order valence-electron chi connectivity index (χ3n) is 3.21. The topological polar surface area (TPSA) is 17.0 Å². The Morgan fingerprint density at radius 3 is 2.47 bits per heavy atom. The minimum Gasteiger partial charge on any atom is -0.354 e. The largest absolute Gasteiger partial charge is 0.354 e. The zero-order valence-electron chi connectivity index (χ0n) is 11.5. The standard InChI is InChI=1S/C15H28N2/c1-3-4-5-6-7-8-9-11-17-12-10-15(14-17)13-16-2/h10,12,14,16H,3-9,11,13H2,1-2H3. The molecule has 0 saturated heterocycles. The Hall–Kier alpha value is -0.760. The van der Waals surface area contributed by atoms with Crippen molar-refractivity contribution in [2.24, 2.45) is 0 Å². The number of nitrogens with one attached hydrogen (secondary N) is 1. The monoisotopic (exact) mass is 236 g/mol. The van der Waals surface area contributed by atoms with E-state index >= 15 is 0 Å². The van der Waals surface area contributed by atoms with Crippen molar-refractivity contribution < 1.29 is 0 Å². The second-order valence-corrected chi connectivity index (χ2v) is 4.91. The van der Waals surface area contributed by atoms with Crippen molar-refractivity contribution in [2.75, 3.05) is 7.05 Å². The van der Waals surface area contributed by atoms with Gasteiger partial charge in [0.05, 0.1) is 0 Å². The molecule has 2 heteroatoms. The van der Waals surface area contributed by atoms with Crippen molar-refractivity contribution in [3.63, 3.8) is 0 Å². The molecule has 0 fully saturated rings. The molecular formula is C15H28N2. The number of nitrogens with zero attached hydrogens (tertiary/aromatic N) is 1. The van der Waals surface area contributed by atoms with Crippen LogP contribution in [0.2, 0.25) is 0 Å². The number of unbranched alkanes of at least 4 members (excludes halogenated alkanes) is 6. The van der Waals surface area contributed by atoms with Crippen LogP contribution in [-0.2, 0) is 13.1 Å². The summed E-state index contributed by atoms with van der Waals surface area (Å²) in [5, 5.41) is 3.18. The molecule has 0 spiro atoms. The van der Waals surface area contributed by atoms with Crippen LogP contribution in [0.15, 0.2) is 18.5 Å². The van der Waals surface area contributed by atoms with Crippen molar-refractivity contribution in [1.82, 2.24) is 9.88 Å². The maximum atomic E-state index is 3.18. The lowest BCUT2D eigenvalue weighted by atomic mass is 10.1. The molecule has 1 rings (SSSR count). The SMILES string of the molecule is CCCCCCCCCn1ccc(CNC)c1. The summed E-state index contributed by atoms with van der Waals surface area (Å²) in [7, 11) is 1.99. The number of aryl methyl sites for hydroxylation is 1. The normalized spacial score (nSPS) is 10.9. The maximum absolute atomic E-state index is 3.18. The van der Waals surface area contributed by atoms with Gasteiger partial charge in [-0.2, -0.15) is 0 Å². The van der Waals surface area contributed by atoms with Gasteiger partial charge >= 0.3 is 0 Å². The van der Waals surface area contributed by atoms with Gasteiger partial charge in [-0.15, -0.1) is 0 Å². The summed E-state index contributed by atoms with van der Waals surface area (Å²) in [6.07, 6.45) is 14.2. The predicted octanol–water partition coefficient (Wildman–Crippen LogP) is 3.96. The summed E-state index contributed by atoms with van der Waals surface area (Å²) in [5.74, 6) is 0. The van der Waals surface area contributed by atoms with Crippen LogP contribution in [0.25, 0.3) is 0 Å². The number of aromatic nitrogens is 1. The second kappa shape index (κ2) is 9.29. The molecule has 17 heavy (non-hydrogen) atoms. The quantitative estimate of drug-likeness (QED) is 0.608. The summed E-state index contributed by atoms with van der Waals surface area (Å²) in [6.45, 7) is 4.43. The Bertz CT molecular complexity index is 278. The molecule has 0 amide bonds. The lowest BCUT2D eigenvalue weighted by molar-refractivity contribution is 0.550. The Labute approximate surface area is 106 Å². The lowest BCUT2D eigenvalue weighted by Gasteiger charge is -2.03. The van der Waals surface area contributed by atoms with E-state index < -0.39 is 0 Å². The van der Waals surface area contributed by atoms with Gasteiger partial charge in [-0.05, 0) is 25.1 Å². The van der Waals surface area contributed by atoms with Gasteiger partial charge in [0.2, 0.25) is 0 Å². The van der Waals surface area contributed by atoms with Crippen LogP contribution in [0, 0.1) is 0 Å². The molecule has 2 nitrogen and oxygen atoms in total. The van der Waals surface area contributed by atoms with E-state index in [0.29, 0.717) is 0 Å². The molecule has 1 aromatic heterocycles. The molecule has 0 atom stereocenters. The van der Waals surface area contributed by atoms with Crippen LogP contribution in [0.4, 0.5) is 0 Å². The van der Waals surface area contributed by atoms with Crippen molar-refractivity contribution >= 4 is 0 Å². The highest BCUT2D eigenvalue weighted by Gasteiger charge is 1.96. The number of rotatable bonds is 10. The summed E-state index contributed by atoms with van der Waals surface area (Å²) in [5.41, 5.74) is 1.38. The number of hydrogen-bond acceptors (Lipinski definition) is 1. The van der Waals surface area contributed by atoms with E-state index in [1.807, 2.05) is 7.05 Å². The molecule has 0 aromatic carbocycles. The molecule has 1 aromatic rings. The van der Waals surface area contributed by atoms with Crippen LogP contribution >= 0.6 is 0 Å². The summed E-state index contributed by atoms with van der Waals surface area (Å²) in [6, 6.07) is 2.21. The van der Waals surface area contributed by atoms with Gasteiger partial charge in [0, 0.05) is 25.5 Å².